The Kier molecular flexibility index (Phi) is 13.4. The number of carbonyl (C=O) groups excluding carboxylic acids is 1. The van der Waals surface area contributed by atoms with Crippen LogP contribution < -0.4 is 4.40 Å². The number of benzene rings is 3. The van der Waals surface area contributed by atoms with Crippen molar-refractivity contribution in [3.63, 3.8) is 0 Å². The second kappa shape index (κ2) is 16.3. The van der Waals surface area contributed by atoms with Crippen molar-refractivity contribution >= 4 is 45.2 Å². The van der Waals surface area contributed by atoms with E-state index in [4.69, 9.17) is 4.42 Å². The predicted octanol–water partition coefficient (Wildman–Crippen LogP) is 11.8. The van der Waals surface area contributed by atoms with Crippen LogP contribution in [-0.2, 0) is 24.9 Å². The van der Waals surface area contributed by atoms with Gasteiger partial charge in [-0.3, -0.25) is 4.79 Å². The molecule has 0 bridgehead atoms. The molecule has 1 N–H and O–H groups in total. The number of aliphatic hydroxyl groups is 1. The van der Waals surface area contributed by atoms with Crippen LogP contribution in [0, 0.1) is 29.6 Å². The molecule has 263 valence electrons. The van der Waals surface area contributed by atoms with E-state index in [1.807, 2.05) is 72.7 Å². The molecule has 0 aliphatic rings. The van der Waals surface area contributed by atoms with Crippen LogP contribution in [0.3, 0.4) is 0 Å². The van der Waals surface area contributed by atoms with E-state index >= 15 is 0 Å². The predicted molar refractivity (Wildman–Crippen MR) is 202 cm³/mol. The van der Waals surface area contributed by atoms with E-state index in [2.05, 4.69) is 52.6 Å². The summed E-state index contributed by atoms with van der Waals surface area (Å²) in [4.78, 5) is 16.8. The molecule has 0 aliphatic heterocycles. The van der Waals surface area contributed by atoms with Gasteiger partial charge in [-0.15, -0.1) is 0 Å². The fraction of sp³-hybridized carbons (Fsp3) is 0.381. The molecule has 1 radical (unpaired) electrons. The van der Waals surface area contributed by atoms with Crippen molar-refractivity contribution in [2.75, 3.05) is 0 Å². The molecule has 0 fully saturated rings. The molecule has 5 rings (SSSR count). The largest absolute Gasteiger partial charge is 0 e. The van der Waals surface area contributed by atoms with Gasteiger partial charge < -0.3 is 5.11 Å². The molecular formula is C42H51FGeIrNO3-. The SMILES string of the molecule is CCC(C)(CC)C(=O)/C=C(\O)C(C)(CC)CC.Cc1ccc(F)c(-c2cc3ccnc(-c4[c-]c5ccccc5[c]([Ge]([CH3])([CH3])[CH3])c4)c3o2)c1.[Ir]. The van der Waals surface area contributed by atoms with Crippen LogP contribution in [0.25, 0.3) is 44.3 Å². The summed E-state index contributed by atoms with van der Waals surface area (Å²) in [6.45, 7) is 14.0. The molecule has 49 heavy (non-hydrogen) atoms. The Morgan fingerprint density at radius 1 is 0.939 bits per heavy atom. The fourth-order valence-corrected chi connectivity index (χ4v) is 9.14. The van der Waals surface area contributed by atoms with E-state index in [1.54, 1.807) is 12.3 Å². The molecule has 4 nitrogen and oxygen atoms in total. The number of fused-ring (bicyclic) bond motifs is 2. The van der Waals surface area contributed by atoms with E-state index < -0.39 is 13.3 Å². The van der Waals surface area contributed by atoms with Gasteiger partial charge in [0.1, 0.15) is 5.76 Å². The minimum Gasteiger partial charge on any atom is 0 e. The third-order valence-electron chi connectivity index (χ3n) is 10.3. The Morgan fingerprint density at radius 3 is 2.18 bits per heavy atom. The number of rotatable bonds is 10. The maximum Gasteiger partial charge on any atom is 0 e. The summed E-state index contributed by atoms with van der Waals surface area (Å²) in [6.07, 6.45) is 6.54. The fourth-order valence-electron chi connectivity index (χ4n) is 5.78. The minimum atomic E-state index is -2.17. The summed E-state index contributed by atoms with van der Waals surface area (Å²) in [6, 6.07) is 23.1. The number of carbonyl (C=O) groups is 1. The smallest absolute Gasteiger partial charge is 0 e. The number of aliphatic hydroxyl groups excluding tert-OH is 1. The number of hydrogen-bond acceptors (Lipinski definition) is 4. The number of halogens is 1. The maximum absolute atomic E-state index is 14.5. The van der Waals surface area contributed by atoms with E-state index in [0.717, 1.165) is 53.3 Å². The molecule has 7 heteroatoms. The Bertz CT molecular complexity index is 1950. The standard InChI is InChI=1S/C27H23FGeNO.C15H28O2.Ir/c1-17-9-10-23(28)22(13-17)25-16-19-11-12-30-26(27(19)31-25)20-14-18-7-5-6-8-21(18)24(15-20)29(2,3)4;1-7-14(5,8-2)12(16)11-13(17)15(6,9-3)10-4;/h5-13,15-16H,1-4H3;11,16H,7-10H2,1-6H3;/q-1;;/b;12-11-;. The van der Waals surface area contributed by atoms with Crippen LogP contribution in [0.15, 0.2) is 83.1 Å². The van der Waals surface area contributed by atoms with Gasteiger partial charge in [-0.25, -0.2) is 0 Å². The zero-order chi connectivity index (χ0) is 35.4. The maximum atomic E-state index is 14.5. The molecule has 0 aliphatic carbocycles. The Balaban J connectivity index is 0.000000312. The molecule has 0 spiro atoms. The number of ketones is 1. The van der Waals surface area contributed by atoms with Crippen molar-refractivity contribution in [1.29, 1.82) is 0 Å². The van der Waals surface area contributed by atoms with Crippen molar-refractivity contribution in [2.45, 2.75) is 91.4 Å². The second-order valence-electron chi connectivity index (χ2n) is 14.5. The molecular weight excluding hydrogens is 850 g/mol. The Labute approximate surface area is 308 Å². The van der Waals surface area contributed by atoms with Crippen LogP contribution in [-0.4, -0.2) is 29.1 Å². The number of nitrogens with zero attached hydrogens (tertiary/aromatic N) is 1. The normalized spacial score (nSPS) is 12.4. The molecule has 0 saturated heterocycles. The monoisotopic (exact) mass is 903 g/mol. The topological polar surface area (TPSA) is 63.3 Å². The first kappa shape index (κ1) is 40.4. The molecule has 0 amide bonds. The quantitative estimate of drug-likeness (QED) is 0.0656. The molecule has 0 unspecified atom stereocenters. The molecule has 2 aromatic heterocycles. The molecule has 0 atom stereocenters. The van der Waals surface area contributed by atoms with Gasteiger partial charge >= 0.3 is 184 Å². The first-order chi connectivity index (χ1) is 22.6. The summed E-state index contributed by atoms with van der Waals surface area (Å²) < 4.78 is 22.1. The first-order valence-electron chi connectivity index (χ1n) is 17.2. The van der Waals surface area contributed by atoms with Crippen molar-refractivity contribution in [3.8, 4) is 22.6 Å². The Morgan fingerprint density at radius 2 is 1.57 bits per heavy atom. The van der Waals surface area contributed by atoms with Gasteiger partial charge in [-0.05, 0) is 25.7 Å². The van der Waals surface area contributed by atoms with Gasteiger partial charge in [0.05, 0.1) is 0 Å². The van der Waals surface area contributed by atoms with E-state index in [1.165, 1.54) is 21.9 Å². The van der Waals surface area contributed by atoms with Gasteiger partial charge in [-0.2, -0.15) is 0 Å². The number of furan rings is 1. The van der Waals surface area contributed by atoms with Gasteiger partial charge in [0.2, 0.25) is 0 Å². The first-order valence-corrected chi connectivity index (χ1v) is 24.5. The summed E-state index contributed by atoms with van der Waals surface area (Å²) in [7, 11) is 0. The van der Waals surface area contributed by atoms with Crippen molar-refractivity contribution in [2.24, 2.45) is 10.8 Å². The molecule has 0 saturated carbocycles. The molecule has 5 aromatic rings. The second-order valence-corrected chi connectivity index (χ2v) is 25.1. The summed E-state index contributed by atoms with van der Waals surface area (Å²) in [5.41, 5.74) is 3.18. The van der Waals surface area contributed by atoms with Gasteiger partial charge in [0, 0.05) is 37.0 Å². The average molecular weight is 902 g/mol. The van der Waals surface area contributed by atoms with E-state index in [0.29, 0.717) is 16.9 Å². The van der Waals surface area contributed by atoms with Crippen LogP contribution in [0.4, 0.5) is 4.39 Å². The van der Waals surface area contributed by atoms with E-state index in [9.17, 15) is 14.3 Å². The van der Waals surface area contributed by atoms with Crippen LogP contribution in [0.2, 0.25) is 17.3 Å². The summed E-state index contributed by atoms with van der Waals surface area (Å²) in [5.74, 6) is 7.69. The van der Waals surface area contributed by atoms with Crippen LogP contribution in [0.1, 0.15) is 72.8 Å². The van der Waals surface area contributed by atoms with Gasteiger partial charge in [0.25, 0.3) is 0 Å². The number of hydrogen-bond donors (Lipinski definition) is 1. The zero-order valence-electron chi connectivity index (χ0n) is 30.7. The zero-order valence-corrected chi connectivity index (χ0v) is 35.2. The number of aryl methyl sites for hydroxylation is 1. The van der Waals surface area contributed by atoms with Crippen molar-refractivity contribution in [3.05, 3.63) is 96.1 Å². The third-order valence-corrected chi connectivity index (χ3v) is 14.5. The minimum absolute atomic E-state index is 0. The Hall–Kier alpha value is -3.06. The summed E-state index contributed by atoms with van der Waals surface area (Å²) >= 11 is -2.17. The number of allylic oxidation sites excluding steroid dienone is 2. The molecule has 3 aromatic carbocycles. The van der Waals surface area contributed by atoms with Crippen LogP contribution in [0.5, 0.6) is 0 Å². The van der Waals surface area contributed by atoms with Crippen molar-refractivity contribution in [1.82, 2.24) is 4.98 Å². The summed E-state index contributed by atoms with van der Waals surface area (Å²) in [5, 5.41) is 13.4. The molecule has 2 heterocycles. The number of aromatic nitrogens is 1. The van der Waals surface area contributed by atoms with Crippen molar-refractivity contribution < 1.29 is 38.8 Å². The third kappa shape index (κ3) is 8.82. The average Bonchev–Trinajstić information content (AvgIpc) is 3.52. The number of pyridine rings is 1. The van der Waals surface area contributed by atoms with Crippen LogP contribution >= 0.6 is 0 Å². The van der Waals surface area contributed by atoms with Gasteiger partial charge in [-0.1, -0.05) is 41.5 Å². The van der Waals surface area contributed by atoms with Gasteiger partial charge in [0.15, 0.2) is 5.78 Å². The van der Waals surface area contributed by atoms with E-state index in [-0.39, 0.29) is 48.3 Å².